The molecule has 0 atom stereocenters. The van der Waals surface area contributed by atoms with Crippen LogP contribution in [0.3, 0.4) is 0 Å². The van der Waals surface area contributed by atoms with E-state index in [0.717, 1.165) is 21.3 Å². The van der Waals surface area contributed by atoms with Gasteiger partial charge in [-0.05, 0) is 35.9 Å². The van der Waals surface area contributed by atoms with Crippen LogP contribution < -0.4 is 9.47 Å². The average Bonchev–Trinajstić information content (AvgIpc) is 3.16. The fourth-order valence-corrected chi connectivity index (χ4v) is 3.46. The number of allylic oxidation sites excluding steroid dienone is 1. The molecule has 4 nitrogen and oxygen atoms in total. The quantitative estimate of drug-likeness (QED) is 0.494. The zero-order valence-electron chi connectivity index (χ0n) is 14.2. The van der Waals surface area contributed by atoms with Gasteiger partial charge >= 0.3 is 0 Å². The molecule has 0 bridgehead atoms. The van der Waals surface area contributed by atoms with E-state index in [0.29, 0.717) is 22.1 Å². The summed E-state index contributed by atoms with van der Waals surface area (Å²) in [5.74, 6) is 1.27. The van der Waals surface area contributed by atoms with Crippen LogP contribution in [0.15, 0.2) is 52.3 Å². The molecule has 0 aliphatic rings. The van der Waals surface area contributed by atoms with Crippen molar-refractivity contribution in [2.45, 2.75) is 0 Å². The Bertz CT molecular complexity index is 988. The summed E-state index contributed by atoms with van der Waals surface area (Å²) in [5, 5.41) is 12.2. The van der Waals surface area contributed by atoms with Crippen molar-refractivity contribution in [1.29, 1.82) is 5.26 Å². The number of methoxy groups -OCH3 is 2. The first-order chi connectivity index (χ1) is 12.6. The third kappa shape index (κ3) is 3.96. The number of nitrogens with zero attached hydrogens (tertiary/aromatic N) is 2. The van der Waals surface area contributed by atoms with Crippen molar-refractivity contribution in [3.05, 3.63) is 62.9 Å². The van der Waals surface area contributed by atoms with E-state index < -0.39 is 0 Å². The summed E-state index contributed by atoms with van der Waals surface area (Å²) < 4.78 is 11.6. The lowest BCUT2D eigenvalue weighted by molar-refractivity contribution is 0.355. The Hall–Kier alpha value is -2.62. The van der Waals surface area contributed by atoms with Crippen LogP contribution in [0.1, 0.15) is 10.6 Å². The maximum atomic E-state index is 9.57. The predicted molar refractivity (Wildman–Crippen MR) is 108 cm³/mol. The minimum absolute atomic E-state index is 0.505. The molecule has 1 aromatic heterocycles. The van der Waals surface area contributed by atoms with Crippen LogP contribution in [0.4, 0.5) is 0 Å². The average molecular weight is 427 g/mol. The largest absolute Gasteiger partial charge is 0.493 e. The van der Waals surface area contributed by atoms with Gasteiger partial charge in [-0.2, -0.15) is 5.26 Å². The summed E-state index contributed by atoms with van der Waals surface area (Å²) >= 11 is 4.88. The minimum Gasteiger partial charge on any atom is -0.493 e. The number of hydrogen-bond acceptors (Lipinski definition) is 5. The second kappa shape index (κ2) is 8.17. The number of ether oxygens (including phenoxy) is 2. The fourth-order valence-electron chi connectivity index (χ4n) is 2.40. The number of rotatable bonds is 5. The molecule has 3 rings (SSSR count). The van der Waals surface area contributed by atoms with Crippen molar-refractivity contribution in [3.63, 3.8) is 0 Å². The van der Waals surface area contributed by atoms with E-state index in [2.05, 4.69) is 27.0 Å². The Labute approximate surface area is 164 Å². The van der Waals surface area contributed by atoms with E-state index in [1.807, 2.05) is 47.8 Å². The van der Waals surface area contributed by atoms with Gasteiger partial charge in [-0.15, -0.1) is 11.3 Å². The van der Waals surface area contributed by atoms with Gasteiger partial charge in [0.1, 0.15) is 11.1 Å². The van der Waals surface area contributed by atoms with Gasteiger partial charge in [-0.3, -0.25) is 0 Å². The molecule has 2 aromatic carbocycles. The number of thiazole rings is 1. The number of benzene rings is 2. The summed E-state index contributed by atoms with van der Waals surface area (Å²) in [6, 6.07) is 15.7. The van der Waals surface area contributed by atoms with Gasteiger partial charge in [-0.1, -0.05) is 34.1 Å². The molecule has 0 aliphatic carbocycles. The maximum absolute atomic E-state index is 9.57. The van der Waals surface area contributed by atoms with Gasteiger partial charge < -0.3 is 9.47 Å². The summed E-state index contributed by atoms with van der Waals surface area (Å²) in [6.45, 7) is 0. The molecule has 6 heteroatoms. The highest BCUT2D eigenvalue weighted by atomic mass is 79.9. The van der Waals surface area contributed by atoms with Crippen molar-refractivity contribution < 1.29 is 9.47 Å². The normalized spacial score (nSPS) is 11.1. The topological polar surface area (TPSA) is 55.1 Å². The first-order valence-corrected chi connectivity index (χ1v) is 9.37. The zero-order valence-corrected chi connectivity index (χ0v) is 16.6. The lowest BCUT2D eigenvalue weighted by Crippen LogP contribution is -1.91. The molecule has 0 aliphatic heterocycles. The predicted octanol–water partition coefficient (Wildman–Crippen LogP) is 5.65. The number of hydrogen-bond donors (Lipinski definition) is 0. The van der Waals surface area contributed by atoms with Crippen molar-refractivity contribution in [2.75, 3.05) is 14.2 Å². The molecule has 0 N–H and O–H groups in total. The monoisotopic (exact) mass is 426 g/mol. The van der Waals surface area contributed by atoms with Gasteiger partial charge in [0.15, 0.2) is 11.5 Å². The first-order valence-electron chi connectivity index (χ1n) is 7.70. The molecular formula is C20H15BrN2O2S. The summed E-state index contributed by atoms with van der Waals surface area (Å²) in [5.41, 5.74) is 3.22. The summed E-state index contributed by atoms with van der Waals surface area (Å²) in [7, 11) is 3.18. The Kier molecular flexibility index (Phi) is 5.71. The molecule has 3 aromatic rings. The molecule has 130 valence electrons. The highest BCUT2D eigenvalue weighted by molar-refractivity contribution is 9.10. The van der Waals surface area contributed by atoms with Crippen molar-refractivity contribution in [2.24, 2.45) is 0 Å². The van der Waals surface area contributed by atoms with Crippen LogP contribution in [-0.2, 0) is 0 Å². The van der Waals surface area contributed by atoms with E-state index in [-0.39, 0.29) is 0 Å². The van der Waals surface area contributed by atoms with Crippen molar-refractivity contribution >= 4 is 38.9 Å². The molecule has 0 saturated carbocycles. The second-order valence-electron chi connectivity index (χ2n) is 5.33. The lowest BCUT2D eigenvalue weighted by atomic mass is 10.1. The highest BCUT2D eigenvalue weighted by Crippen LogP contribution is 2.31. The van der Waals surface area contributed by atoms with Gasteiger partial charge in [0.2, 0.25) is 0 Å². The van der Waals surface area contributed by atoms with Crippen LogP contribution in [0, 0.1) is 11.3 Å². The molecule has 0 unspecified atom stereocenters. The standard InChI is InChI=1S/C20H15BrN2O2S/c1-24-18-8-3-13(10-19(18)25-2)9-15(11-22)20-23-17(12-26-20)14-4-6-16(21)7-5-14/h3-10,12H,1-2H3/b15-9+. The van der Waals surface area contributed by atoms with E-state index in [4.69, 9.17) is 9.47 Å². The Balaban J connectivity index is 1.93. The maximum Gasteiger partial charge on any atom is 0.161 e. The van der Waals surface area contributed by atoms with E-state index in [9.17, 15) is 5.26 Å². The van der Waals surface area contributed by atoms with Gasteiger partial charge in [-0.25, -0.2) is 4.98 Å². The Morgan fingerprint density at radius 1 is 1.12 bits per heavy atom. The van der Waals surface area contributed by atoms with Crippen molar-refractivity contribution in [1.82, 2.24) is 4.98 Å². The lowest BCUT2D eigenvalue weighted by Gasteiger charge is -2.07. The minimum atomic E-state index is 0.505. The number of aromatic nitrogens is 1. The van der Waals surface area contributed by atoms with Crippen LogP contribution in [0.25, 0.3) is 22.9 Å². The molecular weight excluding hydrogens is 412 g/mol. The Morgan fingerprint density at radius 3 is 2.50 bits per heavy atom. The van der Waals surface area contributed by atoms with Gasteiger partial charge in [0, 0.05) is 15.4 Å². The number of nitriles is 1. The third-order valence-electron chi connectivity index (χ3n) is 3.71. The molecule has 0 radical (unpaired) electrons. The molecule has 1 heterocycles. The molecule has 26 heavy (non-hydrogen) atoms. The van der Waals surface area contributed by atoms with E-state index >= 15 is 0 Å². The van der Waals surface area contributed by atoms with E-state index in [1.54, 1.807) is 20.3 Å². The molecule has 0 amide bonds. The first kappa shape index (κ1) is 18.2. The Morgan fingerprint density at radius 2 is 1.85 bits per heavy atom. The van der Waals surface area contributed by atoms with Gasteiger partial charge in [0.25, 0.3) is 0 Å². The summed E-state index contributed by atoms with van der Waals surface area (Å²) in [6.07, 6.45) is 1.80. The van der Waals surface area contributed by atoms with Crippen LogP contribution in [-0.4, -0.2) is 19.2 Å². The van der Waals surface area contributed by atoms with Crippen LogP contribution >= 0.6 is 27.3 Å². The smallest absolute Gasteiger partial charge is 0.161 e. The zero-order chi connectivity index (χ0) is 18.5. The highest BCUT2D eigenvalue weighted by Gasteiger charge is 2.10. The van der Waals surface area contributed by atoms with E-state index in [1.165, 1.54) is 11.3 Å². The second-order valence-corrected chi connectivity index (χ2v) is 7.10. The molecule has 0 fully saturated rings. The SMILES string of the molecule is COc1ccc(/C=C(\C#N)c2nc(-c3ccc(Br)cc3)cs2)cc1OC. The fraction of sp³-hybridized carbons (Fsp3) is 0.100. The summed E-state index contributed by atoms with van der Waals surface area (Å²) in [4.78, 5) is 4.61. The van der Waals surface area contributed by atoms with Crippen LogP contribution in [0.2, 0.25) is 0 Å². The molecule has 0 spiro atoms. The molecule has 0 saturated heterocycles. The van der Waals surface area contributed by atoms with Crippen LogP contribution in [0.5, 0.6) is 11.5 Å². The van der Waals surface area contributed by atoms with Gasteiger partial charge in [0.05, 0.1) is 25.5 Å². The third-order valence-corrected chi connectivity index (χ3v) is 5.12. The number of halogens is 1. The van der Waals surface area contributed by atoms with Crippen molar-refractivity contribution in [3.8, 4) is 28.8 Å².